The standard InChI is InChI=1S/C21H20FN3O3S/c1-14-12-19(29-20(14)17(26)6-7-18-23-8-11-28-18)25-10-9-24(21(25)27)13-15-2-4-16(22)5-3-15/h2-5,8,11-12H,6-7,9-10,13H2,1H3. The van der Waals surface area contributed by atoms with Crippen molar-refractivity contribution in [2.24, 2.45) is 0 Å². The number of urea groups is 1. The predicted molar refractivity (Wildman–Crippen MR) is 108 cm³/mol. The Morgan fingerprint density at radius 3 is 2.79 bits per heavy atom. The van der Waals surface area contributed by atoms with Gasteiger partial charge in [0.25, 0.3) is 0 Å². The fourth-order valence-electron chi connectivity index (χ4n) is 3.33. The Bertz CT molecular complexity index is 1010. The number of nitrogens with zero attached hydrogens (tertiary/aromatic N) is 3. The number of carbonyl (C=O) groups is 2. The van der Waals surface area contributed by atoms with E-state index in [1.54, 1.807) is 28.1 Å². The Hall–Kier alpha value is -3.00. The minimum atomic E-state index is -0.294. The van der Waals surface area contributed by atoms with Crippen LogP contribution in [-0.2, 0) is 13.0 Å². The number of aromatic nitrogens is 1. The number of hydrogen-bond donors (Lipinski definition) is 0. The Kier molecular flexibility index (Phi) is 5.44. The molecule has 29 heavy (non-hydrogen) atoms. The molecule has 0 bridgehead atoms. The van der Waals surface area contributed by atoms with Crippen molar-refractivity contribution in [3.05, 3.63) is 70.5 Å². The summed E-state index contributed by atoms with van der Waals surface area (Å²) in [6.07, 6.45) is 3.81. The maximum absolute atomic E-state index is 13.1. The van der Waals surface area contributed by atoms with E-state index in [-0.39, 0.29) is 17.6 Å². The second-order valence-electron chi connectivity index (χ2n) is 6.93. The summed E-state index contributed by atoms with van der Waals surface area (Å²) >= 11 is 1.34. The average molecular weight is 413 g/mol. The molecule has 3 aromatic rings. The van der Waals surface area contributed by atoms with Gasteiger partial charge in [0.2, 0.25) is 0 Å². The highest BCUT2D eigenvalue weighted by atomic mass is 32.1. The number of aryl methyl sites for hydroxylation is 2. The summed E-state index contributed by atoms with van der Waals surface area (Å²) in [6.45, 7) is 3.46. The zero-order valence-corrected chi connectivity index (χ0v) is 16.7. The molecule has 1 saturated heterocycles. The zero-order chi connectivity index (χ0) is 20.4. The number of amides is 2. The molecule has 2 aromatic heterocycles. The van der Waals surface area contributed by atoms with Crippen LogP contribution >= 0.6 is 11.3 Å². The van der Waals surface area contributed by atoms with Gasteiger partial charge in [0, 0.05) is 32.5 Å². The van der Waals surface area contributed by atoms with Crippen molar-refractivity contribution in [3.63, 3.8) is 0 Å². The van der Waals surface area contributed by atoms with Crippen LogP contribution in [0.2, 0.25) is 0 Å². The lowest BCUT2D eigenvalue weighted by molar-refractivity contribution is 0.0983. The molecule has 0 aliphatic carbocycles. The maximum Gasteiger partial charge on any atom is 0.325 e. The fourth-order valence-corrected chi connectivity index (χ4v) is 4.49. The third kappa shape index (κ3) is 4.22. The lowest BCUT2D eigenvalue weighted by atomic mass is 10.1. The molecule has 8 heteroatoms. The molecular weight excluding hydrogens is 393 g/mol. The highest BCUT2D eigenvalue weighted by molar-refractivity contribution is 7.18. The van der Waals surface area contributed by atoms with Crippen molar-refractivity contribution in [2.45, 2.75) is 26.3 Å². The third-order valence-corrected chi connectivity index (χ3v) is 6.16. The number of carbonyl (C=O) groups excluding carboxylic acids is 2. The van der Waals surface area contributed by atoms with E-state index in [2.05, 4.69) is 4.98 Å². The average Bonchev–Trinajstić information content (AvgIpc) is 3.43. The normalized spacial score (nSPS) is 14.1. The highest BCUT2D eigenvalue weighted by Crippen LogP contribution is 2.33. The van der Waals surface area contributed by atoms with Gasteiger partial charge in [-0.05, 0) is 36.2 Å². The van der Waals surface area contributed by atoms with Crippen molar-refractivity contribution in [1.29, 1.82) is 0 Å². The van der Waals surface area contributed by atoms with E-state index in [9.17, 15) is 14.0 Å². The Balaban J connectivity index is 1.42. The first-order chi connectivity index (χ1) is 14.0. The predicted octanol–water partition coefficient (Wildman–Crippen LogP) is 4.44. The molecule has 3 heterocycles. The molecule has 1 fully saturated rings. The second kappa shape index (κ2) is 8.16. The molecule has 1 aliphatic rings. The van der Waals surface area contributed by atoms with Crippen molar-refractivity contribution in [3.8, 4) is 0 Å². The van der Waals surface area contributed by atoms with Crippen LogP contribution in [0.1, 0.15) is 33.1 Å². The largest absolute Gasteiger partial charge is 0.449 e. The Morgan fingerprint density at radius 2 is 2.07 bits per heavy atom. The number of ketones is 1. The first kappa shape index (κ1) is 19.3. The minimum Gasteiger partial charge on any atom is -0.449 e. The smallest absolute Gasteiger partial charge is 0.325 e. The van der Waals surface area contributed by atoms with Crippen molar-refractivity contribution < 1.29 is 18.4 Å². The first-order valence-corrected chi connectivity index (χ1v) is 10.2. The van der Waals surface area contributed by atoms with Crippen LogP contribution in [-0.4, -0.2) is 34.8 Å². The minimum absolute atomic E-state index is 0.0202. The molecule has 2 amide bonds. The molecule has 0 unspecified atom stereocenters. The summed E-state index contributed by atoms with van der Waals surface area (Å²) < 4.78 is 18.3. The third-order valence-electron chi connectivity index (χ3n) is 4.86. The number of rotatable bonds is 7. The van der Waals surface area contributed by atoms with Gasteiger partial charge in [-0.25, -0.2) is 14.2 Å². The molecule has 150 valence electrons. The zero-order valence-electron chi connectivity index (χ0n) is 15.9. The van der Waals surface area contributed by atoms with E-state index in [0.717, 1.165) is 16.1 Å². The van der Waals surface area contributed by atoms with Gasteiger partial charge >= 0.3 is 6.03 Å². The number of benzene rings is 1. The van der Waals surface area contributed by atoms with Gasteiger partial charge in [0.1, 0.15) is 12.1 Å². The van der Waals surface area contributed by atoms with Crippen molar-refractivity contribution in [2.75, 3.05) is 18.0 Å². The van der Waals surface area contributed by atoms with E-state index < -0.39 is 0 Å². The number of thiophene rings is 1. The topological polar surface area (TPSA) is 66.7 Å². The van der Waals surface area contributed by atoms with Gasteiger partial charge < -0.3 is 9.32 Å². The van der Waals surface area contributed by atoms with Crippen LogP contribution in [0, 0.1) is 12.7 Å². The molecule has 0 spiro atoms. The van der Waals surface area contributed by atoms with Crippen LogP contribution < -0.4 is 4.90 Å². The molecule has 1 aliphatic heterocycles. The summed E-state index contributed by atoms with van der Waals surface area (Å²) in [5.41, 5.74) is 1.75. The molecule has 0 N–H and O–H groups in total. The van der Waals surface area contributed by atoms with Gasteiger partial charge in [0.15, 0.2) is 11.7 Å². The van der Waals surface area contributed by atoms with Crippen molar-refractivity contribution >= 4 is 28.2 Å². The van der Waals surface area contributed by atoms with E-state index in [1.807, 2.05) is 13.0 Å². The highest BCUT2D eigenvalue weighted by Gasteiger charge is 2.31. The van der Waals surface area contributed by atoms with Gasteiger partial charge in [-0.3, -0.25) is 9.69 Å². The first-order valence-electron chi connectivity index (χ1n) is 9.34. The lowest BCUT2D eigenvalue weighted by Gasteiger charge is -2.17. The molecular formula is C21H20FN3O3S. The lowest BCUT2D eigenvalue weighted by Crippen LogP contribution is -2.30. The maximum atomic E-state index is 13.1. The Morgan fingerprint density at radius 1 is 1.28 bits per heavy atom. The molecule has 0 saturated carbocycles. The summed E-state index contributed by atoms with van der Waals surface area (Å²) in [6, 6.07) is 7.95. The summed E-state index contributed by atoms with van der Waals surface area (Å²) in [4.78, 5) is 33.6. The van der Waals surface area contributed by atoms with Crippen LogP contribution in [0.5, 0.6) is 0 Å². The van der Waals surface area contributed by atoms with E-state index >= 15 is 0 Å². The van der Waals surface area contributed by atoms with E-state index in [1.165, 1.54) is 29.7 Å². The van der Waals surface area contributed by atoms with Crippen LogP contribution in [0.3, 0.4) is 0 Å². The van der Waals surface area contributed by atoms with Crippen LogP contribution in [0.15, 0.2) is 47.2 Å². The number of hydrogen-bond acceptors (Lipinski definition) is 5. The quantitative estimate of drug-likeness (QED) is 0.537. The van der Waals surface area contributed by atoms with Gasteiger partial charge in [-0.15, -0.1) is 11.3 Å². The number of Topliss-reactive ketones (excluding diaryl/α,β-unsaturated/α-hetero) is 1. The summed E-state index contributed by atoms with van der Waals surface area (Å²) in [7, 11) is 0. The number of anilines is 1. The van der Waals surface area contributed by atoms with Crippen LogP contribution in [0.25, 0.3) is 0 Å². The molecule has 6 nitrogen and oxygen atoms in total. The van der Waals surface area contributed by atoms with Gasteiger partial charge in [0.05, 0.1) is 16.1 Å². The number of halogens is 1. The number of oxazole rings is 1. The molecule has 4 rings (SSSR count). The fraction of sp³-hybridized carbons (Fsp3) is 0.286. The summed E-state index contributed by atoms with van der Waals surface area (Å²) in [5.74, 6) is 0.267. The monoisotopic (exact) mass is 413 g/mol. The van der Waals surface area contributed by atoms with Gasteiger partial charge in [-0.1, -0.05) is 12.1 Å². The second-order valence-corrected chi connectivity index (χ2v) is 7.96. The van der Waals surface area contributed by atoms with E-state index in [0.29, 0.717) is 43.2 Å². The molecule has 0 radical (unpaired) electrons. The van der Waals surface area contributed by atoms with Crippen molar-refractivity contribution in [1.82, 2.24) is 9.88 Å². The molecule has 0 atom stereocenters. The summed E-state index contributed by atoms with van der Waals surface area (Å²) in [5, 5.41) is 0.772. The van der Waals surface area contributed by atoms with Crippen LogP contribution in [0.4, 0.5) is 14.2 Å². The SMILES string of the molecule is Cc1cc(N2CCN(Cc3ccc(F)cc3)C2=O)sc1C(=O)CCc1ncco1. The van der Waals surface area contributed by atoms with E-state index in [4.69, 9.17) is 4.42 Å². The Labute approximate surface area is 171 Å². The molecule has 1 aromatic carbocycles. The van der Waals surface area contributed by atoms with Gasteiger partial charge in [-0.2, -0.15) is 0 Å².